The number of likely N-dealkylation sites (tertiary alicyclic amines) is 1. The summed E-state index contributed by atoms with van der Waals surface area (Å²) in [5, 5.41) is 0. The van der Waals surface area contributed by atoms with E-state index >= 15 is 0 Å². The van der Waals surface area contributed by atoms with Crippen LogP contribution in [-0.2, 0) is 4.74 Å². The normalized spacial score (nSPS) is 32.4. The molecular weight excluding hydrogens is 340 g/mol. The SMILES string of the molecule is COC[C@@]12CN(C3CCN(c4ccc5c(c4)OCO5)CC3)C[C@@H]1C(C)(C)C2. The summed E-state index contributed by atoms with van der Waals surface area (Å²) in [4.78, 5) is 5.29. The molecule has 0 unspecified atom stereocenters. The molecular formula is C22H32N2O3. The van der Waals surface area contributed by atoms with Crippen LogP contribution in [0.25, 0.3) is 0 Å². The van der Waals surface area contributed by atoms with Gasteiger partial charge in [0.25, 0.3) is 0 Å². The van der Waals surface area contributed by atoms with E-state index in [2.05, 4.69) is 35.8 Å². The van der Waals surface area contributed by atoms with Crippen molar-refractivity contribution in [2.24, 2.45) is 16.7 Å². The Balaban J connectivity index is 1.22. The molecule has 0 amide bonds. The maximum Gasteiger partial charge on any atom is 0.231 e. The van der Waals surface area contributed by atoms with Gasteiger partial charge in [0.05, 0.1) is 6.61 Å². The first-order chi connectivity index (χ1) is 13.0. The summed E-state index contributed by atoms with van der Waals surface area (Å²) in [5.41, 5.74) is 2.14. The predicted molar refractivity (Wildman–Crippen MR) is 106 cm³/mol. The Morgan fingerprint density at radius 3 is 2.67 bits per heavy atom. The van der Waals surface area contributed by atoms with E-state index in [-0.39, 0.29) is 0 Å². The fraction of sp³-hybridized carbons (Fsp3) is 0.727. The van der Waals surface area contributed by atoms with Gasteiger partial charge in [-0.2, -0.15) is 0 Å². The van der Waals surface area contributed by atoms with Gasteiger partial charge in [0.1, 0.15) is 0 Å². The number of anilines is 1. The molecule has 1 aliphatic carbocycles. The molecule has 0 bridgehead atoms. The van der Waals surface area contributed by atoms with E-state index in [1.54, 1.807) is 0 Å². The van der Waals surface area contributed by atoms with Crippen molar-refractivity contribution >= 4 is 5.69 Å². The van der Waals surface area contributed by atoms with Gasteiger partial charge in [0.15, 0.2) is 11.5 Å². The van der Waals surface area contributed by atoms with Crippen molar-refractivity contribution in [1.29, 1.82) is 0 Å². The van der Waals surface area contributed by atoms with Gasteiger partial charge in [0, 0.05) is 56.5 Å². The number of hydrogen-bond donors (Lipinski definition) is 0. The molecule has 1 aromatic rings. The highest BCUT2D eigenvalue weighted by molar-refractivity contribution is 5.57. The number of hydrogen-bond acceptors (Lipinski definition) is 5. The van der Waals surface area contributed by atoms with Crippen molar-refractivity contribution in [3.63, 3.8) is 0 Å². The van der Waals surface area contributed by atoms with Crippen LogP contribution in [-0.4, -0.2) is 57.6 Å². The number of piperidine rings is 1. The minimum absolute atomic E-state index is 0.344. The van der Waals surface area contributed by atoms with Crippen LogP contribution in [0, 0.1) is 16.7 Å². The number of rotatable bonds is 4. The zero-order chi connectivity index (χ0) is 18.6. The minimum Gasteiger partial charge on any atom is -0.454 e. The first-order valence-electron chi connectivity index (χ1n) is 10.4. The quantitative estimate of drug-likeness (QED) is 0.809. The van der Waals surface area contributed by atoms with Crippen LogP contribution in [0.5, 0.6) is 11.5 Å². The lowest BCUT2D eigenvalue weighted by Gasteiger charge is -2.56. The minimum atomic E-state index is 0.344. The third kappa shape index (κ3) is 2.82. The summed E-state index contributed by atoms with van der Waals surface area (Å²) in [6.07, 6.45) is 3.79. The summed E-state index contributed by atoms with van der Waals surface area (Å²) in [7, 11) is 1.86. The molecule has 0 aromatic heterocycles. The van der Waals surface area contributed by atoms with Crippen molar-refractivity contribution < 1.29 is 14.2 Å². The number of methoxy groups -OCH3 is 1. The Labute approximate surface area is 162 Å². The molecule has 1 saturated carbocycles. The number of fused-ring (bicyclic) bond motifs is 2. The largest absolute Gasteiger partial charge is 0.454 e. The Morgan fingerprint density at radius 2 is 1.93 bits per heavy atom. The third-order valence-corrected chi connectivity index (χ3v) is 7.56. The summed E-state index contributed by atoms with van der Waals surface area (Å²) >= 11 is 0. The number of benzene rings is 1. The zero-order valence-electron chi connectivity index (χ0n) is 16.9. The van der Waals surface area contributed by atoms with Gasteiger partial charge in [-0.25, -0.2) is 0 Å². The molecule has 148 valence electrons. The molecule has 3 fully saturated rings. The van der Waals surface area contributed by atoms with Crippen LogP contribution in [0.2, 0.25) is 0 Å². The Bertz CT molecular complexity index is 714. The van der Waals surface area contributed by atoms with Gasteiger partial charge in [-0.05, 0) is 42.7 Å². The van der Waals surface area contributed by atoms with E-state index in [0.29, 0.717) is 23.7 Å². The Kier molecular flexibility index (Phi) is 4.10. The fourth-order valence-corrected chi connectivity index (χ4v) is 6.50. The van der Waals surface area contributed by atoms with E-state index in [9.17, 15) is 0 Å². The van der Waals surface area contributed by atoms with Crippen LogP contribution in [0.3, 0.4) is 0 Å². The van der Waals surface area contributed by atoms with Crippen LogP contribution in [0.15, 0.2) is 18.2 Å². The highest BCUT2D eigenvalue weighted by atomic mass is 16.7. The molecule has 3 heterocycles. The Morgan fingerprint density at radius 1 is 1.15 bits per heavy atom. The Hall–Kier alpha value is -1.46. The molecule has 0 spiro atoms. The lowest BCUT2D eigenvalue weighted by Crippen LogP contribution is -2.55. The molecule has 5 nitrogen and oxygen atoms in total. The first kappa shape index (κ1) is 17.6. The lowest BCUT2D eigenvalue weighted by atomic mass is 9.48. The van der Waals surface area contributed by atoms with E-state index in [1.807, 2.05) is 13.2 Å². The molecule has 4 aliphatic rings. The second kappa shape index (κ2) is 6.28. The topological polar surface area (TPSA) is 34.2 Å². The summed E-state index contributed by atoms with van der Waals surface area (Å²) in [5.74, 6) is 2.54. The number of nitrogens with zero attached hydrogens (tertiary/aromatic N) is 2. The molecule has 2 atom stereocenters. The maximum absolute atomic E-state index is 5.63. The molecule has 2 saturated heterocycles. The monoisotopic (exact) mass is 372 g/mol. The molecule has 5 heteroatoms. The summed E-state index contributed by atoms with van der Waals surface area (Å²) < 4.78 is 16.6. The van der Waals surface area contributed by atoms with Gasteiger partial charge in [0.2, 0.25) is 6.79 Å². The zero-order valence-corrected chi connectivity index (χ0v) is 16.9. The molecule has 1 aromatic carbocycles. The second-order valence-electron chi connectivity index (χ2n) is 9.70. The number of ether oxygens (including phenoxy) is 3. The van der Waals surface area contributed by atoms with Crippen LogP contribution >= 0.6 is 0 Å². The van der Waals surface area contributed by atoms with Gasteiger partial charge in [-0.3, -0.25) is 4.90 Å². The molecule has 3 aliphatic heterocycles. The van der Waals surface area contributed by atoms with E-state index in [0.717, 1.165) is 37.1 Å². The highest BCUT2D eigenvalue weighted by Gasteiger charge is 2.63. The lowest BCUT2D eigenvalue weighted by molar-refractivity contribution is -0.107. The average molecular weight is 373 g/mol. The van der Waals surface area contributed by atoms with Crippen LogP contribution < -0.4 is 14.4 Å². The molecule has 0 radical (unpaired) electrons. The standard InChI is InChI=1S/C22H32N2O3/c1-21(2)12-22(14-25-3)13-24(11-20(21)22)16-6-8-23(9-7-16)17-4-5-18-19(10-17)27-15-26-18/h4-5,10,16,20H,6-9,11-15H2,1-3H3/t20-,22-/m1/s1. The molecule has 27 heavy (non-hydrogen) atoms. The van der Waals surface area contributed by atoms with Crippen LogP contribution in [0.1, 0.15) is 33.1 Å². The van der Waals surface area contributed by atoms with E-state index < -0.39 is 0 Å². The average Bonchev–Trinajstić information content (AvgIpc) is 3.24. The van der Waals surface area contributed by atoms with Gasteiger partial charge in [-0.15, -0.1) is 0 Å². The van der Waals surface area contributed by atoms with Crippen molar-refractivity contribution in [3.8, 4) is 11.5 Å². The maximum atomic E-state index is 5.63. The predicted octanol–water partition coefficient (Wildman–Crippen LogP) is 3.38. The van der Waals surface area contributed by atoms with Gasteiger partial charge >= 0.3 is 0 Å². The van der Waals surface area contributed by atoms with Gasteiger partial charge < -0.3 is 19.1 Å². The third-order valence-electron chi connectivity index (χ3n) is 7.56. The van der Waals surface area contributed by atoms with Crippen molar-refractivity contribution in [2.45, 2.75) is 39.2 Å². The summed E-state index contributed by atoms with van der Waals surface area (Å²) in [6, 6.07) is 7.05. The smallest absolute Gasteiger partial charge is 0.231 e. The van der Waals surface area contributed by atoms with Crippen molar-refractivity contribution in [1.82, 2.24) is 4.90 Å². The first-order valence-corrected chi connectivity index (χ1v) is 10.4. The van der Waals surface area contributed by atoms with E-state index in [1.165, 1.54) is 38.0 Å². The summed E-state index contributed by atoms with van der Waals surface area (Å²) in [6.45, 7) is 10.9. The van der Waals surface area contributed by atoms with Crippen molar-refractivity contribution in [2.75, 3.05) is 51.6 Å². The molecule has 5 rings (SSSR count). The van der Waals surface area contributed by atoms with Crippen molar-refractivity contribution in [3.05, 3.63) is 18.2 Å². The van der Waals surface area contributed by atoms with Crippen LogP contribution in [0.4, 0.5) is 5.69 Å². The highest BCUT2D eigenvalue weighted by Crippen LogP contribution is 2.63. The van der Waals surface area contributed by atoms with E-state index in [4.69, 9.17) is 14.2 Å². The van der Waals surface area contributed by atoms with Gasteiger partial charge in [-0.1, -0.05) is 13.8 Å². The molecule has 0 N–H and O–H groups in total. The second-order valence-corrected chi connectivity index (χ2v) is 9.70. The fourth-order valence-electron chi connectivity index (χ4n) is 6.50.